The second-order valence-corrected chi connectivity index (χ2v) is 2.73. The zero-order valence-corrected chi connectivity index (χ0v) is 7.04. The van der Waals surface area contributed by atoms with E-state index >= 15 is 0 Å². The molecule has 1 rings (SSSR count). The Morgan fingerprint density at radius 2 is 2.30 bits per heavy atom. The van der Waals surface area contributed by atoms with Crippen LogP contribution in [0.15, 0.2) is 12.3 Å². The van der Waals surface area contributed by atoms with Crippen molar-refractivity contribution in [3.63, 3.8) is 0 Å². The summed E-state index contributed by atoms with van der Waals surface area (Å²) in [5.74, 6) is 0. The second-order valence-electron chi connectivity index (χ2n) is 2.73. The van der Waals surface area contributed by atoms with E-state index in [0.29, 0.717) is 6.17 Å². The fourth-order valence-electron chi connectivity index (χ4n) is 1.18. The van der Waals surface area contributed by atoms with Crippen LogP contribution in [0.3, 0.4) is 0 Å². The molecule has 1 aliphatic rings. The second kappa shape index (κ2) is 3.06. The van der Waals surface area contributed by atoms with Gasteiger partial charge < -0.3 is 4.90 Å². The molecule has 0 aliphatic carbocycles. The van der Waals surface area contributed by atoms with E-state index in [0.717, 1.165) is 6.54 Å². The molecule has 0 aromatic rings. The van der Waals surface area contributed by atoms with Gasteiger partial charge in [-0.3, -0.25) is 4.90 Å². The molecule has 0 spiro atoms. The van der Waals surface area contributed by atoms with Crippen molar-refractivity contribution in [1.82, 2.24) is 9.80 Å². The van der Waals surface area contributed by atoms with Gasteiger partial charge in [0.25, 0.3) is 0 Å². The molecule has 0 saturated carbocycles. The number of allylic oxidation sites excluding steroid dienone is 1. The zero-order valence-electron chi connectivity index (χ0n) is 7.04. The summed E-state index contributed by atoms with van der Waals surface area (Å²) in [6, 6.07) is 0. The average Bonchev–Trinajstić information content (AvgIpc) is 2.62. The van der Waals surface area contributed by atoms with Crippen LogP contribution in [0.1, 0.15) is 13.8 Å². The van der Waals surface area contributed by atoms with E-state index in [2.05, 4.69) is 43.0 Å². The van der Waals surface area contributed by atoms with Gasteiger partial charge >= 0.3 is 0 Å². The molecule has 2 nitrogen and oxygen atoms in total. The zero-order chi connectivity index (χ0) is 7.56. The van der Waals surface area contributed by atoms with Crippen molar-refractivity contribution in [3.05, 3.63) is 12.3 Å². The third-order valence-electron chi connectivity index (χ3n) is 1.92. The molecule has 0 aromatic carbocycles. The highest BCUT2D eigenvalue weighted by Crippen LogP contribution is 2.18. The van der Waals surface area contributed by atoms with Crippen LogP contribution in [-0.4, -0.2) is 36.1 Å². The maximum atomic E-state index is 2.35. The van der Waals surface area contributed by atoms with Crippen molar-refractivity contribution in [1.29, 1.82) is 0 Å². The van der Waals surface area contributed by atoms with Crippen molar-refractivity contribution < 1.29 is 0 Å². The lowest BCUT2D eigenvalue weighted by molar-refractivity contribution is 0.327. The molecule has 2 atom stereocenters. The molecular formula is C8H16N2. The molecule has 0 amide bonds. The highest BCUT2D eigenvalue weighted by Gasteiger charge is 2.32. The molecule has 1 aliphatic heterocycles. The molecule has 58 valence electrons. The molecule has 10 heavy (non-hydrogen) atoms. The fraction of sp³-hybridized carbons (Fsp3) is 0.750. The molecule has 1 saturated heterocycles. The predicted octanol–water partition coefficient (Wildman–Crippen LogP) is 1.11. The topological polar surface area (TPSA) is 6.25 Å². The van der Waals surface area contributed by atoms with Crippen LogP contribution in [-0.2, 0) is 0 Å². The smallest absolute Gasteiger partial charge is 0.0943 e. The van der Waals surface area contributed by atoms with Gasteiger partial charge in [0, 0.05) is 13.1 Å². The summed E-state index contributed by atoms with van der Waals surface area (Å²) in [5.41, 5.74) is 0. The fourth-order valence-corrected chi connectivity index (χ4v) is 1.18. The Hall–Kier alpha value is -0.500. The summed E-state index contributed by atoms with van der Waals surface area (Å²) in [4.78, 5) is 4.67. The third kappa shape index (κ3) is 1.51. The van der Waals surface area contributed by atoms with Gasteiger partial charge in [-0.15, -0.1) is 0 Å². The van der Waals surface area contributed by atoms with Gasteiger partial charge in [-0.2, -0.15) is 0 Å². The van der Waals surface area contributed by atoms with E-state index in [4.69, 9.17) is 0 Å². The summed E-state index contributed by atoms with van der Waals surface area (Å²) < 4.78 is 0. The van der Waals surface area contributed by atoms with Crippen molar-refractivity contribution in [2.24, 2.45) is 0 Å². The van der Waals surface area contributed by atoms with E-state index in [9.17, 15) is 0 Å². The normalized spacial score (nSPS) is 31.1. The molecule has 0 bridgehead atoms. The molecule has 2 heteroatoms. The van der Waals surface area contributed by atoms with Crippen LogP contribution in [0.2, 0.25) is 0 Å². The highest BCUT2D eigenvalue weighted by atomic mass is 15.5. The van der Waals surface area contributed by atoms with Crippen LogP contribution >= 0.6 is 0 Å². The summed E-state index contributed by atoms with van der Waals surface area (Å²) in [6.45, 7) is 6.58. The van der Waals surface area contributed by atoms with Gasteiger partial charge in [0.05, 0.1) is 6.17 Å². The van der Waals surface area contributed by atoms with E-state index in [1.165, 1.54) is 6.54 Å². The number of hydrogen-bond donors (Lipinski definition) is 0. The maximum absolute atomic E-state index is 2.35. The Morgan fingerprint density at radius 3 is 2.60 bits per heavy atom. The molecule has 0 radical (unpaired) electrons. The first kappa shape index (κ1) is 7.61. The predicted molar refractivity (Wildman–Crippen MR) is 43.6 cm³/mol. The Kier molecular flexibility index (Phi) is 2.33. The average molecular weight is 140 g/mol. The van der Waals surface area contributed by atoms with Gasteiger partial charge in [0.2, 0.25) is 0 Å². The highest BCUT2D eigenvalue weighted by molar-refractivity contribution is 4.92. The molecule has 2 unspecified atom stereocenters. The maximum Gasteiger partial charge on any atom is 0.0943 e. The van der Waals surface area contributed by atoms with Gasteiger partial charge in [-0.05, 0) is 27.1 Å². The first-order valence-corrected chi connectivity index (χ1v) is 3.88. The van der Waals surface area contributed by atoms with E-state index in [-0.39, 0.29) is 0 Å². The lowest BCUT2D eigenvalue weighted by Gasteiger charge is -2.16. The number of likely N-dealkylation sites (N-methyl/N-ethyl adjacent to an activating group) is 2. The van der Waals surface area contributed by atoms with Crippen LogP contribution in [0, 0.1) is 0 Å². The Morgan fingerprint density at radius 1 is 1.70 bits per heavy atom. The summed E-state index contributed by atoms with van der Waals surface area (Å²) in [7, 11) is 2.15. The standard InChI is InChI=1S/C8H16N2/c1-4-6-10(5-2)8-7-9(8)3/h4,6,8H,5,7H2,1-3H3/b6-4-. The number of rotatable bonds is 3. The Labute approximate surface area is 63.1 Å². The number of nitrogens with zero attached hydrogens (tertiary/aromatic N) is 2. The minimum atomic E-state index is 0.682. The largest absolute Gasteiger partial charge is 0.361 e. The summed E-state index contributed by atoms with van der Waals surface area (Å²) >= 11 is 0. The van der Waals surface area contributed by atoms with Crippen molar-refractivity contribution >= 4 is 0 Å². The summed E-state index contributed by atoms with van der Waals surface area (Å²) in [5, 5.41) is 0. The van der Waals surface area contributed by atoms with E-state index < -0.39 is 0 Å². The number of hydrogen-bond acceptors (Lipinski definition) is 2. The quantitative estimate of drug-likeness (QED) is 0.542. The van der Waals surface area contributed by atoms with Crippen LogP contribution in [0.25, 0.3) is 0 Å². The van der Waals surface area contributed by atoms with E-state index in [1.54, 1.807) is 0 Å². The Balaban J connectivity index is 2.34. The molecule has 1 heterocycles. The first-order chi connectivity index (χ1) is 4.79. The van der Waals surface area contributed by atoms with Crippen molar-refractivity contribution in [2.45, 2.75) is 20.0 Å². The van der Waals surface area contributed by atoms with Crippen LogP contribution in [0.5, 0.6) is 0 Å². The van der Waals surface area contributed by atoms with Gasteiger partial charge in [0.15, 0.2) is 0 Å². The van der Waals surface area contributed by atoms with Gasteiger partial charge in [0.1, 0.15) is 0 Å². The van der Waals surface area contributed by atoms with Crippen LogP contribution < -0.4 is 0 Å². The van der Waals surface area contributed by atoms with E-state index in [1.807, 2.05) is 0 Å². The molecule has 0 aromatic heterocycles. The van der Waals surface area contributed by atoms with Crippen molar-refractivity contribution in [3.8, 4) is 0 Å². The molecular weight excluding hydrogens is 124 g/mol. The first-order valence-electron chi connectivity index (χ1n) is 3.88. The van der Waals surface area contributed by atoms with Gasteiger partial charge in [-0.25, -0.2) is 0 Å². The molecule has 0 N–H and O–H groups in total. The third-order valence-corrected chi connectivity index (χ3v) is 1.92. The lowest BCUT2D eigenvalue weighted by atomic mass is 10.5. The lowest BCUT2D eigenvalue weighted by Crippen LogP contribution is -2.22. The molecule has 1 fully saturated rings. The minimum absolute atomic E-state index is 0.682. The summed E-state index contributed by atoms with van der Waals surface area (Å²) in [6.07, 6.45) is 4.94. The SMILES string of the molecule is C/C=C\N(CC)C1CN1C. The van der Waals surface area contributed by atoms with Gasteiger partial charge in [-0.1, -0.05) is 6.08 Å². The van der Waals surface area contributed by atoms with Crippen LogP contribution in [0.4, 0.5) is 0 Å². The Bertz CT molecular complexity index is 131. The van der Waals surface area contributed by atoms with Crippen molar-refractivity contribution in [2.75, 3.05) is 20.1 Å². The minimum Gasteiger partial charge on any atom is -0.361 e. The monoisotopic (exact) mass is 140 g/mol.